The molecule has 160 valence electrons. The van der Waals surface area contributed by atoms with Crippen molar-refractivity contribution in [3.05, 3.63) is 59.7 Å². The van der Waals surface area contributed by atoms with Crippen molar-refractivity contribution in [1.82, 2.24) is 5.32 Å². The second-order valence-electron chi connectivity index (χ2n) is 6.73. The number of carbonyl (C=O) groups is 2. The van der Waals surface area contributed by atoms with E-state index >= 15 is 0 Å². The molecule has 0 radical (unpaired) electrons. The molecule has 1 atom stereocenters. The van der Waals surface area contributed by atoms with Crippen molar-refractivity contribution in [2.24, 2.45) is 0 Å². The number of hydrogen-bond donors (Lipinski definition) is 2. The van der Waals surface area contributed by atoms with Crippen molar-refractivity contribution in [1.29, 1.82) is 0 Å². The highest BCUT2D eigenvalue weighted by Crippen LogP contribution is 2.20. The molecule has 0 spiro atoms. The maximum atomic E-state index is 12.3. The maximum Gasteiger partial charge on any atom is 0.513 e. The Morgan fingerprint density at radius 1 is 1.10 bits per heavy atom. The van der Waals surface area contributed by atoms with Crippen LogP contribution in [0.15, 0.2) is 48.5 Å². The average Bonchev–Trinajstić information content (AvgIpc) is 2.78. The molecule has 1 amide bonds. The van der Waals surface area contributed by atoms with E-state index in [1.165, 1.54) is 24.3 Å². The first kappa shape index (κ1) is 21.6. The summed E-state index contributed by atoms with van der Waals surface area (Å²) in [4.78, 5) is 25.8. The summed E-state index contributed by atoms with van der Waals surface area (Å²) < 4.78 is 15.0. The van der Waals surface area contributed by atoms with Gasteiger partial charge < -0.3 is 29.5 Å². The van der Waals surface area contributed by atoms with Crippen molar-refractivity contribution in [2.45, 2.75) is 13.0 Å². The zero-order chi connectivity index (χ0) is 21.3. The SMILES string of the molecule is CCOC(=O)Oc1ccc(C(=O)NCC(O)c2ccc(N3CCOCC3)cc2)cc1. The molecule has 0 saturated carbocycles. The lowest BCUT2D eigenvalue weighted by atomic mass is 10.1. The number of rotatable bonds is 7. The fraction of sp³-hybridized carbons (Fsp3) is 0.364. The number of hydrogen-bond acceptors (Lipinski definition) is 7. The summed E-state index contributed by atoms with van der Waals surface area (Å²) in [5.41, 5.74) is 2.20. The number of aliphatic hydroxyl groups is 1. The normalized spacial score (nSPS) is 14.7. The third-order valence-electron chi connectivity index (χ3n) is 4.69. The number of benzene rings is 2. The molecule has 30 heavy (non-hydrogen) atoms. The predicted molar refractivity (Wildman–Crippen MR) is 111 cm³/mol. The van der Waals surface area contributed by atoms with Gasteiger partial charge in [0.2, 0.25) is 0 Å². The van der Waals surface area contributed by atoms with Crippen molar-refractivity contribution in [2.75, 3.05) is 44.4 Å². The van der Waals surface area contributed by atoms with Crippen LogP contribution in [-0.2, 0) is 9.47 Å². The number of nitrogens with one attached hydrogen (secondary N) is 1. The molecule has 0 aliphatic carbocycles. The second kappa shape index (κ2) is 10.6. The van der Waals surface area contributed by atoms with Crippen molar-refractivity contribution in [3.63, 3.8) is 0 Å². The van der Waals surface area contributed by atoms with E-state index in [9.17, 15) is 14.7 Å². The fourth-order valence-electron chi connectivity index (χ4n) is 3.06. The smallest absolute Gasteiger partial charge is 0.434 e. The number of morpholine rings is 1. The lowest BCUT2D eigenvalue weighted by Gasteiger charge is -2.29. The van der Waals surface area contributed by atoms with Crippen LogP contribution in [0.1, 0.15) is 28.9 Å². The van der Waals surface area contributed by atoms with Crippen molar-refractivity contribution in [3.8, 4) is 5.75 Å². The summed E-state index contributed by atoms with van der Waals surface area (Å²) in [7, 11) is 0. The van der Waals surface area contributed by atoms with Gasteiger partial charge in [0, 0.05) is 30.9 Å². The van der Waals surface area contributed by atoms with E-state index in [0.29, 0.717) is 18.8 Å². The van der Waals surface area contributed by atoms with Gasteiger partial charge in [-0.15, -0.1) is 0 Å². The van der Waals surface area contributed by atoms with Gasteiger partial charge in [-0.1, -0.05) is 12.1 Å². The minimum Gasteiger partial charge on any atom is -0.434 e. The Kier molecular flexibility index (Phi) is 7.64. The molecule has 0 bridgehead atoms. The number of nitrogens with zero attached hydrogens (tertiary/aromatic N) is 1. The van der Waals surface area contributed by atoms with E-state index in [1.54, 1.807) is 6.92 Å². The van der Waals surface area contributed by atoms with Gasteiger partial charge in [0.25, 0.3) is 5.91 Å². The monoisotopic (exact) mass is 414 g/mol. The zero-order valence-corrected chi connectivity index (χ0v) is 16.9. The summed E-state index contributed by atoms with van der Waals surface area (Å²) in [6.45, 7) is 5.11. The Labute approximate surface area is 175 Å². The summed E-state index contributed by atoms with van der Waals surface area (Å²) in [6.07, 6.45) is -1.61. The molecule has 3 rings (SSSR count). The number of amides is 1. The molecule has 1 saturated heterocycles. The van der Waals surface area contributed by atoms with Gasteiger partial charge in [-0.2, -0.15) is 0 Å². The largest absolute Gasteiger partial charge is 0.513 e. The minimum absolute atomic E-state index is 0.0802. The second-order valence-corrected chi connectivity index (χ2v) is 6.73. The number of carbonyl (C=O) groups excluding carboxylic acids is 2. The topological polar surface area (TPSA) is 97.3 Å². The van der Waals surface area contributed by atoms with Gasteiger partial charge in [-0.05, 0) is 48.9 Å². The molecular formula is C22H26N2O6. The van der Waals surface area contributed by atoms with E-state index in [1.807, 2.05) is 24.3 Å². The third-order valence-corrected chi connectivity index (χ3v) is 4.69. The Hall–Kier alpha value is -3.10. The van der Waals surface area contributed by atoms with Gasteiger partial charge in [0.05, 0.1) is 25.9 Å². The van der Waals surface area contributed by atoms with E-state index in [-0.39, 0.29) is 24.8 Å². The van der Waals surface area contributed by atoms with E-state index in [4.69, 9.17) is 14.2 Å². The van der Waals surface area contributed by atoms with Crippen molar-refractivity contribution < 1.29 is 28.9 Å². The lowest BCUT2D eigenvalue weighted by molar-refractivity contribution is 0.0916. The molecule has 8 nitrogen and oxygen atoms in total. The Morgan fingerprint density at radius 2 is 1.77 bits per heavy atom. The van der Waals surface area contributed by atoms with Gasteiger partial charge in [-0.3, -0.25) is 4.79 Å². The van der Waals surface area contributed by atoms with Crippen LogP contribution < -0.4 is 15.0 Å². The summed E-state index contributed by atoms with van der Waals surface area (Å²) in [5, 5.41) is 13.1. The number of aliphatic hydroxyl groups excluding tert-OH is 1. The molecule has 2 aromatic carbocycles. The molecule has 0 aromatic heterocycles. The molecule has 1 fully saturated rings. The highest BCUT2D eigenvalue weighted by molar-refractivity contribution is 5.94. The first-order valence-electron chi connectivity index (χ1n) is 9.90. The molecule has 1 heterocycles. The Bertz CT molecular complexity index is 832. The minimum atomic E-state index is -0.820. The standard InChI is InChI=1S/C22H26N2O6/c1-2-29-22(27)30-19-9-5-17(6-10-19)21(26)23-15-20(25)16-3-7-18(8-4-16)24-11-13-28-14-12-24/h3-10,20,25H,2,11-15H2,1H3,(H,23,26). The predicted octanol–water partition coefficient (Wildman–Crippen LogP) is 2.52. The van der Waals surface area contributed by atoms with E-state index < -0.39 is 12.3 Å². The van der Waals surface area contributed by atoms with Crippen LogP contribution in [0.2, 0.25) is 0 Å². The van der Waals surface area contributed by atoms with E-state index in [2.05, 4.69) is 10.2 Å². The van der Waals surface area contributed by atoms with Gasteiger partial charge in [-0.25, -0.2) is 4.79 Å². The average molecular weight is 414 g/mol. The van der Waals surface area contributed by atoms with Crippen LogP contribution in [0.3, 0.4) is 0 Å². The third kappa shape index (κ3) is 5.95. The molecule has 1 aliphatic heterocycles. The lowest BCUT2D eigenvalue weighted by Crippen LogP contribution is -2.36. The molecule has 1 aliphatic rings. The fourth-order valence-corrected chi connectivity index (χ4v) is 3.06. The van der Waals surface area contributed by atoms with Crippen LogP contribution >= 0.6 is 0 Å². The maximum absolute atomic E-state index is 12.3. The number of anilines is 1. The van der Waals surface area contributed by atoms with Crippen LogP contribution in [0.4, 0.5) is 10.5 Å². The summed E-state index contributed by atoms with van der Waals surface area (Å²) in [6, 6.07) is 13.7. The molecule has 2 N–H and O–H groups in total. The molecule has 8 heteroatoms. The highest BCUT2D eigenvalue weighted by Gasteiger charge is 2.14. The Balaban J connectivity index is 1.49. The molecule has 2 aromatic rings. The van der Waals surface area contributed by atoms with Crippen LogP contribution in [0, 0.1) is 0 Å². The Morgan fingerprint density at radius 3 is 2.40 bits per heavy atom. The first-order chi connectivity index (χ1) is 14.6. The van der Waals surface area contributed by atoms with Crippen molar-refractivity contribution >= 4 is 17.7 Å². The number of ether oxygens (including phenoxy) is 3. The van der Waals surface area contributed by atoms with Crippen LogP contribution in [0.25, 0.3) is 0 Å². The summed E-state index contributed by atoms with van der Waals surface area (Å²) in [5.74, 6) is -0.0490. The zero-order valence-electron chi connectivity index (χ0n) is 16.9. The highest BCUT2D eigenvalue weighted by atomic mass is 16.7. The molecular weight excluding hydrogens is 388 g/mol. The van der Waals surface area contributed by atoms with Gasteiger partial charge in [0.1, 0.15) is 5.75 Å². The van der Waals surface area contributed by atoms with E-state index in [0.717, 1.165) is 24.3 Å². The quantitative estimate of drug-likeness (QED) is 0.531. The first-order valence-corrected chi connectivity index (χ1v) is 9.90. The summed E-state index contributed by atoms with van der Waals surface area (Å²) >= 11 is 0. The van der Waals surface area contributed by atoms with Gasteiger partial charge >= 0.3 is 6.16 Å². The van der Waals surface area contributed by atoms with Crippen LogP contribution in [-0.4, -0.2) is 56.6 Å². The van der Waals surface area contributed by atoms with Gasteiger partial charge in [0.15, 0.2) is 0 Å². The molecule has 1 unspecified atom stereocenters. The van der Waals surface area contributed by atoms with Crippen LogP contribution in [0.5, 0.6) is 5.75 Å².